The summed E-state index contributed by atoms with van der Waals surface area (Å²) >= 11 is 0. The number of nitrogen functional groups attached to an aromatic ring is 1. The third kappa shape index (κ3) is 3.02. The lowest BCUT2D eigenvalue weighted by Crippen LogP contribution is -2.25. The molecular weight excluding hydrogens is 227 g/mol. The van der Waals surface area contributed by atoms with Gasteiger partial charge in [0.1, 0.15) is 5.82 Å². The van der Waals surface area contributed by atoms with Crippen molar-refractivity contribution in [3.63, 3.8) is 0 Å². The summed E-state index contributed by atoms with van der Waals surface area (Å²) in [7, 11) is 0. The molecule has 100 valence electrons. The average Bonchev–Trinajstić information content (AvgIpc) is 2.72. The molecule has 1 heterocycles. The fourth-order valence-corrected chi connectivity index (χ4v) is 2.61. The van der Waals surface area contributed by atoms with Crippen molar-refractivity contribution in [2.45, 2.75) is 33.7 Å². The number of halogens is 1. The Morgan fingerprint density at radius 1 is 1.39 bits per heavy atom. The Labute approximate surface area is 109 Å². The number of anilines is 1. The van der Waals surface area contributed by atoms with E-state index in [1.54, 1.807) is 12.1 Å². The molecule has 1 fully saturated rings. The largest absolute Gasteiger partial charge is 0.396 e. The van der Waals surface area contributed by atoms with Gasteiger partial charge in [-0.1, -0.05) is 26.8 Å². The first-order valence-corrected chi connectivity index (χ1v) is 6.62. The molecule has 1 aromatic carbocycles. The van der Waals surface area contributed by atoms with E-state index in [-0.39, 0.29) is 11.5 Å². The first-order valence-electron chi connectivity index (χ1n) is 6.62. The van der Waals surface area contributed by atoms with Gasteiger partial charge in [0.05, 0.1) is 5.69 Å². The van der Waals surface area contributed by atoms with Crippen LogP contribution in [0.25, 0.3) is 0 Å². The van der Waals surface area contributed by atoms with Gasteiger partial charge in [0.2, 0.25) is 0 Å². The molecule has 18 heavy (non-hydrogen) atoms. The average molecular weight is 250 g/mol. The van der Waals surface area contributed by atoms with E-state index in [0.29, 0.717) is 5.41 Å². The zero-order valence-corrected chi connectivity index (χ0v) is 11.5. The van der Waals surface area contributed by atoms with Gasteiger partial charge in [-0.05, 0) is 42.0 Å². The summed E-state index contributed by atoms with van der Waals surface area (Å²) in [4.78, 5) is 2.40. The molecule has 1 atom stereocenters. The van der Waals surface area contributed by atoms with Crippen LogP contribution in [0.2, 0.25) is 0 Å². The molecule has 0 aliphatic carbocycles. The van der Waals surface area contributed by atoms with Crippen LogP contribution < -0.4 is 5.73 Å². The maximum absolute atomic E-state index is 13.4. The number of nitrogens with zero attached hydrogens (tertiary/aromatic N) is 1. The lowest BCUT2D eigenvalue weighted by Gasteiger charge is -2.27. The molecule has 0 amide bonds. The lowest BCUT2D eigenvalue weighted by molar-refractivity contribution is 0.226. The second-order valence-corrected chi connectivity index (χ2v) is 6.44. The highest BCUT2D eigenvalue weighted by Gasteiger charge is 2.31. The number of benzene rings is 1. The van der Waals surface area contributed by atoms with Gasteiger partial charge in [-0.15, -0.1) is 0 Å². The summed E-state index contributed by atoms with van der Waals surface area (Å²) in [6.07, 6.45) is 1.24. The minimum atomic E-state index is -0.306. The first-order chi connectivity index (χ1) is 8.36. The van der Waals surface area contributed by atoms with Gasteiger partial charge >= 0.3 is 0 Å². The predicted molar refractivity (Wildman–Crippen MR) is 73.7 cm³/mol. The Bertz CT molecular complexity index is 423. The van der Waals surface area contributed by atoms with E-state index in [9.17, 15) is 4.39 Å². The highest BCUT2D eigenvalue weighted by Crippen LogP contribution is 2.34. The van der Waals surface area contributed by atoms with Gasteiger partial charge in [0.15, 0.2) is 0 Å². The van der Waals surface area contributed by atoms with Crippen molar-refractivity contribution in [3.8, 4) is 0 Å². The fourth-order valence-electron chi connectivity index (χ4n) is 2.61. The first kappa shape index (κ1) is 13.3. The van der Waals surface area contributed by atoms with Gasteiger partial charge in [0, 0.05) is 13.1 Å². The van der Waals surface area contributed by atoms with Crippen LogP contribution in [0.3, 0.4) is 0 Å². The number of hydrogen-bond acceptors (Lipinski definition) is 2. The third-order valence-electron chi connectivity index (χ3n) is 3.97. The zero-order valence-electron chi connectivity index (χ0n) is 11.5. The van der Waals surface area contributed by atoms with E-state index < -0.39 is 0 Å². The smallest absolute Gasteiger partial charge is 0.146 e. The summed E-state index contributed by atoms with van der Waals surface area (Å²) in [6.45, 7) is 9.92. The van der Waals surface area contributed by atoms with Gasteiger partial charge in [-0.2, -0.15) is 0 Å². The maximum Gasteiger partial charge on any atom is 0.146 e. The van der Waals surface area contributed by atoms with Crippen LogP contribution >= 0.6 is 0 Å². The molecule has 1 aliphatic rings. The summed E-state index contributed by atoms with van der Waals surface area (Å²) in [6, 6.07) is 5.13. The minimum Gasteiger partial charge on any atom is -0.396 e. The predicted octanol–water partition coefficient (Wildman–Crippen LogP) is 3.28. The summed E-state index contributed by atoms with van der Waals surface area (Å²) in [5, 5.41) is 0. The molecule has 1 aromatic rings. The molecule has 0 spiro atoms. The molecule has 1 unspecified atom stereocenters. The Morgan fingerprint density at radius 3 is 2.67 bits per heavy atom. The van der Waals surface area contributed by atoms with Crippen molar-refractivity contribution in [1.82, 2.24) is 4.90 Å². The number of rotatable bonds is 2. The van der Waals surface area contributed by atoms with E-state index in [1.165, 1.54) is 6.42 Å². The molecule has 0 saturated carbocycles. The highest BCUT2D eigenvalue weighted by molar-refractivity contribution is 5.41. The molecule has 1 saturated heterocycles. The number of nitrogens with two attached hydrogens (primary N) is 1. The second-order valence-electron chi connectivity index (χ2n) is 6.44. The summed E-state index contributed by atoms with van der Waals surface area (Å²) < 4.78 is 13.4. The molecule has 3 heteroatoms. The van der Waals surface area contributed by atoms with E-state index in [2.05, 4.69) is 25.7 Å². The van der Waals surface area contributed by atoms with Crippen molar-refractivity contribution < 1.29 is 4.39 Å². The number of hydrogen-bond donors (Lipinski definition) is 1. The summed E-state index contributed by atoms with van der Waals surface area (Å²) in [5.74, 6) is 0.426. The van der Waals surface area contributed by atoms with Crippen LogP contribution in [0.4, 0.5) is 10.1 Å². The van der Waals surface area contributed by atoms with Crippen LogP contribution in [-0.4, -0.2) is 18.0 Å². The quantitative estimate of drug-likeness (QED) is 0.816. The van der Waals surface area contributed by atoms with Crippen LogP contribution in [0, 0.1) is 17.2 Å². The minimum absolute atomic E-state index is 0.229. The molecule has 0 bridgehead atoms. The maximum atomic E-state index is 13.4. The van der Waals surface area contributed by atoms with Crippen LogP contribution in [0.5, 0.6) is 0 Å². The molecule has 2 rings (SSSR count). The zero-order chi connectivity index (χ0) is 13.3. The van der Waals surface area contributed by atoms with E-state index in [0.717, 1.165) is 31.1 Å². The van der Waals surface area contributed by atoms with Crippen LogP contribution in [-0.2, 0) is 6.54 Å². The van der Waals surface area contributed by atoms with Gasteiger partial charge < -0.3 is 5.73 Å². The van der Waals surface area contributed by atoms with Crippen LogP contribution in [0.1, 0.15) is 32.8 Å². The SMILES string of the molecule is CC(C)(C)C1CCN(Cc2ccc(N)c(F)c2)C1. The molecule has 0 aromatic heterocycles. The monoisotopic (exact) mass is 250 g/mol. The van der Waals surface area contributed by atoms with E-state index in [1.807, 2.05) is 6.07 Å². The van der Waals surface area contributed by atoms with Crippen molar-refractivity contribution in [2.75, 3.05) is 18.8 Å². The summed E-state index contributed by atoms with van der Waals surface area (Å²) in [5.41, 5.74) is 7.09. The normalized spacial score (nSPS) is 21.4. The Kier molecular flexibility index (Phi) is 3.62. The molecular formula is C15H23FN2. The molecule has 2 N–H and O–H groups in total. The molecule has 1 aliphatic heterocycles. The van der Waals surface area contributed by atoms with Crippen molar-refractivity contribution >= 4 is 5.69 Å². The lowest BCUT2D eigenvalue weighted by atomic mass is 9.80. The van der Waals surface area contributed by atoms with Gasteiger partial charge in [-0.25, -0.2) is 4.39 Å². The van der Waals surface area contributed by atoms with Gasteiger partial charge in [-0.3, -0.25) is 4.90 Å². The fraction of sp³-hybridized carbons (Fsp3) is 0.600. The number of likely N-dealkylation sites (tertiary alicyclic amines) is 1. The van der Waals surface area contributed by atoms with Gasteiger partial charge in [0.25, 0.3) is 0 Å². The van der Waals surface area contributed by atoms with Crippen molar-refractivity contribution in [1.29, 1.82) is 0 Å². The molecule has 0 radical (unpaired) electrons. The van der Waals surface area contributed by atoms with E-state index >= 15 is 0 Å². The second kappa shape index (κ2) is 4.88. The Morgan fingerprint density at radius 2 is 2.11 bits per heavy atom. The van der Waals surface area contributed by atoms with Crippen molar-refractivity contribution in [2.24, 2.45) is 11.3 Å². The Balaban J connectivity index is 1.97. The molecule has 2 nitrogen and oxygen atoms in total. The van der Waals surface area contributed by atoms with Crippen LogP contribution in [0.15, 0.2) is 18.2 Å². The topological polar surface area (TPSA) is 29.3 Å². The highest BCUT2D eigenvalue weighted by atomic mass is 19.1. The van der Waals surface area contributed by atoms with E-state index in [4.69, 9.17) is 5.73 Å². The standard InChI is InChI=1S/C15H23FN2/c1-15(2,3)12-6-7-18(10-12)9-11-4-5-14(17)13(16)8-11/h4-5,8,12H,6-7,9-10,17H2,1-3H3. The third-order valence-corrected chi connectivity index (χ3v) is 3.97. The van der Waals surface area contributed by atoms with Crippen molar-refractivity contribution in [3.05, 3.63) is 29.6 Å². The Hall–Kier alpha value is -1.09.